The van der Waals surface area contributed by atoms with Crippen molar-refractivity contribution in [3.05, 3.63) is 70.2 Å². The van der Waals surface area contributed by atoms with Crippen LogP contribution in [0.3, 0.4) is 0 Å². The first-order chi connectivity index (χ1) is 10.1. The summed E-state index contributed by atoms with van der Waals surface area (Å²) in [4.78, 5) is 0. The summed E-state index contributed by atoms with van der Waals surface area (Å²) in [7, 11) is 1.66. The van der Waals surface area contributed by atoms with E-state index in [9.17, 15) is 0 Å². The van der Waals surface area contributed by atoms with E-state index in [1.54, 1.807) is 7.11 Å². The number of methoxy groups -OCH3 is 1. The molecule has 0 saturated heterocycles. The summed E-state index contributed by atoms with van der Waals surface area (Å²) < 4.78 is 6.18. The number of rotatable bonds is 3. The average molecular weight is 343 g/mol. The Balaban J connectivity index is 2.03. The molecule has 0 spiro atoms. The minimum absolute atomic E-state index is 0.489. The number of halogens is 1. The molecule has 1 aliphatic rings. The highest BCUT2D eigenvalue weighted by atomic mass is 79.9. The Hall–Kier alpha value is -1.94. The second kappa shape index (κ2) is 5.45. The molecular formula is C17H15BrN2O. The molecule has 2 aromatic rings. The topological polar surface area (TPSA) is 34.0 Å². The first-order valence-electron chi connectivity index (χ1n) is 6.68. The molecule has 0 aliphatic carbocycles. The van der Waals surface area contributed by atoms with Crippen molar-refractivity contribution in [2.75, 3.05) is 7.11 Å². The molecule has 3 rings (SSSR count). The molecule has 1 heterocycles. The Kier molecular flexibility index (Phi) is 3.64. The van der Waals surface area contributed by atoms with Crippen molar-refractivity contribution in [2.24, 2.45) is 10.2 Å². The van der Waals surface area contributed by atoms with Gasteiger partial charge in [-0.1, -0.05) is 58.4 Å². The molecule has 0 aromatic heterocycles. The van der Waals surface area contributed by atoms with Gasteiger partial charge in [0.2, 0.25) is 0 Å². The Morgan fingerprint density at radius 1 is 1.00 bits per heavy atom. The molecule has 0 amide bonds. The summed E-state index contributed by atoms with van der Waals surface area (Å²) in [5, 5.41) is 8.88. The van der Waals surface area contributed by atoms with Gasteiger partial charge in [0, 0.05) is 5.56 Å². The van der Waals surface area contributed by atoms with E-state index in [0.29, 0.717) is 0 Å². The third-order valence-electron chi connectivity index (χ3n) is 3.68. The molecule has 2 aromatic carbocycles. The van der Waals surface area contributed by atoms with Crippen LogP contribution in [0.25, 0.3) is 5.70 Å². The molecule has 1 atom stereocenters. The fraction of sp³-hybridized carbons (Fsp3) is 0.176. The van der Waals surface area contributed by atoms with Crippen LogP contribution in [0.1, 0.15) is 18.1 Å². The van der Waals surface area contributed by atoms with Gasteiger partial charge in [-0.25, -0.2) is 0 Å². The van der Waals surface area contributed by atoms with Gasteiger partial charge in [-0.15, -0.1) is 0 Å². The molecule has 0 saturated carbocycles. The number of benzene rings is 2. The van der Waals surface area contributed by atoms with Gasteiger partial charge < -0.3 is 4.74 Å². The van der Waals surface area contributed by atoms with Crippen LogP contribution in [0.2, 0.25) is 0 Å². The highest BCUT2D eigenvalue weighted by molar-refractivity contribution is 9.12. The zero-order valence-corrected chi connectivity index (χ0v) is 13.5. The molecule has 106 valence electrons. The average Bonchev–Trinajstić information content (AvgIpc) is 2.85. The van der Waals surface area contributed by atoms with E-state index in [4.69, 9.17) is 4.74 Å². The van der Waals surface area contributed by atoms with Crippen LogP contribution in [0.4, 0.5) is 0 Å². The smallest absolute Gasteiger partial charge is 0.138 e. The van der Waals surface area contributed by atoms with Gasteiger partial charge in [-0.3, -0.25) is 0 Å². The number of nitrogens with zero attached hydrogens (tertiary/aromatic N) is 2. The van der Waals surface area contributed by atoms with Crippen molar-refractivity contribution in [2.45, 2.75) is 12.5 Å². The number of hydrogen-bond donors (Lipinski definition) is 0. The standard InChI is InChI=1S/C17H15BrN2O/c1-17(13-8-10-14(21-2)11-9-13)16(18)15(19-20-17)12-6-4-3-5-7-12/h3-11H,1-2H3. The van der Waals surface area contributed by atoms with Gasteiger partial charge in [0.25, 0.3) is 0 Å². The summed E-state index contributed by atoms with van der Waals surface area (Å²) in [6.45, 7) is 2.05. The van der Waals surface area contributed by atoms with Crippen molar-refractivity contribution >= 4 is 21.6 Å². The van der Waals surface area contributed by atoms with Crippen molar-refractivity contribution in [3.8, 4) is 5.75 Å². The highest BCUT2D eigenvalue weighted by Gasteiger charge is 2.37. The molecule has 1 aliphatic heterocycles. The molecule has 4 heteroatoms. The zero-order valence-electron chi connectivity index (χ0n) is 11.9. The van der Waals surface area contributed by atoms with Crippen LogP contribution in [0.15, 0.2) is 69.3 Å². The van der Waals surface area contributed by atoms with Gasteiger partial charge >= 0.3 is 0 Å². The summed E-state index contributed by atoms with van der Waals surface area (Å²) in [6.07, 6.45) is 0. The van der Waals surface area contributed by atoms with Crippen molar-refractivity contribution in [1.29, 1.82) is 0 Å². The summed E-state index contributed by atoms with van der Waals surface area (Å²) in [5.74, 6) is 0.834. The number of ether oxygens (including phenoxy) is 1. The van der Waals surface area contributed by atoms with E-state index in [2.05, 4.69) is 33.1 Å². The first-order valence-corrected chi connectivity index (χ1v) is 7.47. The molecular weight excluding hydrogens is 328 g/mol. The Morgan fingerprint density at radius 2 is 1.67 bits per heavy atom. The quantitative estimate of drug-likeness (QED) is 0.760. The largest absolute Gasteiger partial charge is 0.497 e. The molecule has 0 radical (unpaired) electrons. The van der Waals surface area contributed by atoms with Crippen molar-refractivity contribution in [1.82, 2.24) is 0 Å². The van der Waals surface area contributed by atoms with Gasteiger partial charge in [-0.05, 0) is 24.6 Å². The van der Waals surface area contributed by atoms with Crippen LogP contribution in [0.5, 0.6) is 5.75 Å². The van der Waals surface area contributed by atoms with Crippen LogP contribution >= 0.6 is 15.9 Å². The van der Waals surface area contributed by atoms with E-state index < -0.39 is 5.54 Å². The molecule has 0 bridgehead atoms. The van der Waals surface area contributed by atoms with Gasteiger partial charge in [0.05, 0.1) is 11.6 Å². The second-order valence-electron chi connectivity index (χ2n) is 5.03. The van der Waals surface area contributed by atoms with Crippen LogP contribution < -0.4 is 4.74 Å². The van der Waals surface area contributed by atoms with E-state index in [-0.39, 0.29) is 0 Å². The lowest BCUT2D eigenvalue weighted by Gasteiger charge is -2.21. The first kappa shape index (κ1) is 14.0. The van der Waals surface area contributed by atoms with Crippen LogP contribution in [0, 0.1) is 0 Å². The fourth-order valence-corrected chi connectivity index (χ4v) is 2.97. The summed E-state index contributed by atoms with van der Waals surface area (Å²) in [6, 6.07) is 18.0. The SMILES string of the molecule is COc1ccc(C2(C)N=NC(c3ccccc3)=C2Br)cc1. The lowest BCUT2D eigenvalue weighted by molar-refractivity contribution is 0.414. The van der Waals surface area contributed by atoms with Gasteiger partial charge in [0.1, 0.15) is 17.0 Å². The van der Waals surface area contributed by atoms with E-state index in [0.717, 1.165) is 27.1 Å². The Labute approximate surface area is 132 Å². The lowest BCUT2D eigenvalue weighted by atomic mass is 9.91. The summed E-state index contributed by atoms with van der Waals surface area (Å²) >= 11 is 3.70. The minimum atomic E-state index is -0.489. The predicted octanol–water partition coefficient (Wildman–Crippen LogP) is 5.14. The minimum Gasteiger partial charge on any atom is -0.497 e. The maximum absolute atomic E-state index is 5.20. The molecule has 3 nitrogen and oxygen atoms in total. The van der Waals surface area contributed by atoms with Gasteiger partial charge in [0.15, 0.2) is 0 Å². The van der Waals surface area contributed by atoms with Crippen LogP contribution in [-0.4, -0.2) is 7.11 Å². The third-order valence-corrected chi connectivity index (χ3v) is 4.83. The second-order valence-corrected chi connectivity index (χ2v) is 5.82. The Bertz CT molecular complexity index is 707. The third kappa shape index (κ3) is 2.40. The molecule has 0 fully saturated rings. The van der Waals surface area contributed by atoms with Crippen LogP contribution in [-0.2, 0) is 5.54 Å². The Morgan fingerprint density at radius 3 is 2.29 bits per heavy atom. The van der Waals surface area contributed by atoms with Gasteiger partial charge in [-0.2, -0.15) is 10.2 Å². The monoisotopic (exact) mass is 342 g/mol. The molecule has 21 heavy (non-hydrogen) atoms. The fourth-order valence-electron chi connectivity index (χ4n) is 2.35. The molecule has 0 N–H and O–H groups in total. The number of hydrogen-bond acceptors (Lipinski definition) is 3. The normalized spacial score (nSPS) is 20.9. The highest BCUT2D eigenvalue weighted by Crippen LogP contribution is 2.47. The zero-order chi connectivity index (χ0) is 14.9. The predicted molar refractivity (Wildman–Crippen MR) is 87.5 cm³/mol. The van der Waals surface area contributed by atoms with Crippen molar-refractivity contribution in [3.63, 3.8) is 0 Å². The van der Waals surface area contributed by atoms with E-state index in [1.165, 1.54) is 0 Å². The number of azo groups is 1. The lowest BCUT2D eigenvalue weighted by Crippen LogP contribution is -2.16. The molecule has 1 unspecified atom stereocenters. The van der Waals surface area contributed by atoms with E-state index in [1.807, 2.05) is 54.6 Å². The maximum Gasteiger partial charge on any atom is 0.138 e. The maximum atomic E-state index is 5.20. The van der Waals surface area contributed by atoms with Crippen molar-refractivity contribution < 1.29 is 4.74 Å². The summed E-state index contributed by atoms with van der Waals surface area (Å²) in [5.41, 5.74) is 2.53. The van der Waals surface area contributed by atoms with E-state index >= 15 is 0 Å².